The Morgan fingerprint density at radius 3 is 2.16 bits per heavy atom. The molecule has 0 fully saturated rings. The van der Waals surface area contributed by atoms with Crippen molar-refractivity contribution < 1.29 is 4.79 Å². The van der Waals surface area contributed by atoms with E-state index in [0.717, 1.165) is 11.3 Å². The molecule has 1 rings (SSSR count). The highest BCUT2D eigenvalue weighted by atomic mass is 16.2. The molecule has 0 aliphatic rings. The molecule has 3 nitrogen and oxygen atoms in total. The molecule has 0 heterocycles. The van der Waals surface area contributed by atoms with E-state index in [-0.39, 0.29) is 17.9 Å². The van der Waals surface area contributed by atoms with E-state index in [2.05, 4.69) is 27.7 Å². The van der Waals surface area contributed by atoms with Gasteiger partial charge in [-0.25, -0.2) is 0 Å². The topological polar surface area (TPSA) is 46.3 Å². The van der Waals surface area contributed by atoms with Gasteiger partial charge in [-0.15, -0.1) is 0 Å². The summed E-state index contributed by atoms with van der Waals surface area (Å²) in [4.78, 5) is 14.1. The zero-order chi connectivity index (χ0) is 14.6. The first-order chi connectivity index (χ1) is 8.82. The van der Waals surface area contributed by atoms with Gasteiger partial charge in [0.2, 0.25) is 5.91 Å². The van der Waals surface area contributed by atoms with E-state index in [1.807, 2.05) is 36.2 Å². The zero-order valence-corrected chi connectivity index (χ0v) is 12.7. The molecule has 2 unspecified atom stereocenters. The molecule has 0 aliphatic carbocycles. The summed E-state index contributed by atoms with van der Waals surface area (Å²) >= 11 is 0. The molecule has 0 radical (unpaired) electrons. The van der Waals surface area contributed by atoms with Gasteiger partial charge in [-0.2, -0.15) is 0 Å². The highest BCUT2D eigenvalue weighted by molar-refractivity contribution is 5.77. The molecule has 19 heavy (non-hydrogen) atoms. The van der Waals surface area contributed by atoms with Crippen molar-refractivity contribution in [2.45, 2.75) is 46.1 Å². The standard InChI is InChI=1S/C16H26N2O/c1-11(2)13(4)18(5)16(19)10-12(3)14-6-8-15(17)9-7-14/h6-9,11-13H,10,17H2,1-5H3. The van der Waals surface area contributed by atoms with Gasteiger partial charge in [0, 0.05) is 25.2 Å². The first-order valence-corrected chi connectivity index (χ1v) is 6.94. The monoisotopic (exact) mass is 262 g/mol. The molecular weight excluding hydrogens is 236 g/mol. The van der Waals surface area contributed by atoms with Crippen molar-refractivity contribution in [2.24, 2.45) is 5.92 Å². The number of carbonyl (C=O) groups excluding carboxylic acids is 1. The van der Waals surface area contributed by atoms with E-state index in [9.17, 15) is 4.79 Å². The first kappa shape index (κ1) is 15.5. The van der Waals surface area contributed by atoms with Crippen LogP contribution < -0.4 is 5.73 Å². The summed E-state index contributed by atoms with van der Waals surface area (Å²) in [7, 11) is 1.89. The molecule has 2 N–H and O–H groups in total. The van der Waals surface area contributed by atoms with Crippen molar-refractivity contribution >= 4 is 11.6 Å². The fourth-order valence-electron chi connectivity index (χ4n) is 2.02. The molecule has 3 heteroatoms. The Balaban J connectivity index is 2.63. The van der Waals surface area contributed by atoms with Gasteiger partial charge in [-0.05, 0) is 36.5 Å². The maximum Gasteiger partial charge on any atom is 0.223 e. The van der Waals surface area contributed by atoms with E-state index in [1.165, 1.54) is 0 Å². The third kappa shape index (κ3) is 4.27. The molecule has 0 aromatic heterocycles. The molecule has 0 saturated heterocycles. The number of rotatable bonds is 5. The number of nitrogen functional groups attached to an aromatic ring is 1. The zero-order valence-electron chi connectivity index (χ0n) is 12.7. The summed E-state index contributed by atoms with van der Waals surface area (Å²) in [6, 6.07) is 8.04. The Morgan fingerprint density at radius 2 is 1.68 bits per heavy atom. The van der Waals surface area contributed by atoms with Crippen LogP contribution in [0.15, 0.2) is 24.3 Å². The fourth-order valence-corrected chi connectivity index (χ4v) is 2.02. The lowest BCUT2D eigenvalue weighted by Crippen LogP contribution is -2.38. The largest absolute Gasteiger partial charge is 0.399 e. The van der Waals surface area contributed by atoms with E-state index in [0.29, 0.717) is 12.3 Å². The number of hydrogen-bond acceptors (Lipinski definition) is 2. The quantitative estimate of drug-likeness (QED) is 0.828. The van der Waals surface area contributed by atoms with Gasteiger partial charge in [-0.3, -0.25) is 4.79 Å². The molecule has 1 aromatic rings. The Hall–Kier alpha value is -1.51. The lowest BCUT2D eigenvalue weighted by atomic mass is 9.96. The van der Waals surface area contributed by atoms with Crippen LogP contribution in [0.1, 0.15) is 45.6 Å². The summed E-state index contributed by atoms with van der Waals surface area (Å²) in [5.41, 5.74) is 7.59. The number of nitrogens with zero attached hydrogens (tertiary/aromatic N) is 1. The average Bonchev–Trinajstić information content (AvgIpc) is 2.37. The van der Waals surface area contributed by atoms with Crippen molar-refractivity contribution in [1.29, 1.82) is 0 Å². The predicted octanol–water partition coefficient (Wildman–Crippen LogP) is 3.27. The molecule has 0 aliphatic heterocycles. The van der Waals surface area contributed by atoms with Crippen LogP contribution >= 0.6 is 0 Å². The third-order valence-corrected chi connectivity index (χ3v) is 3.96. The van der Waals surface area contributed by atoms with Crippen LogP contribution in [-0.4, -0.2) is 23.9 Å². The van der Waals surface area contributed by atoms with Gasteiger partial charge in [0.05, 0.1) is 0 Å². The second kappa shape index (κ2) is 6.60. The summed E-state index contributed by atoms with van der Waals surface area (Å²) in [5, 5.41) is 0. The lowest BCUT2D eigenvalue weighted by molar-refractivity contribution is -0.132. The SMILES string of the molecule is CC(CC(=O)N(C)C(C)C(C)C)c1ccc(N)cc1. The molecule has 0 spiro atoms. The smallest absolute Gasteiger partial charge is 0.223 e. The van der Waals surface area contributed by atoms with Crippen LogP contribution in [-0.2, 0) is 4.79 Å². The van der Waals surface area contributed by atoms with Crippen LogP contribution in [0.4, 0.5) is 5.69 Å². The second-order valence-corrected chi connectivity index (χ2v) is 5.76. The van der Waals surface area contributed by atoms with Crippen LogP contribution in [0.5, 0.6) is 0 Å². The number of benzene rings is 1. The van der Waals surface area contributed by atoms with Crippen LogP contribution in [0.3, 0.4) is 0 Å². The summed E-state index contributed by atoms with van der Waals surface area (Å²) < 4.78 is 0. The minimum atomic E-state index is 0.200. The van der Waals surface area contributed by atoms with Gasteiger partial charge in [0.1, 0.15) is 0 Å². The van der Waals surface area contributed by atoms with E-state index >= 15 is 0 Å². The predicted molar refractivity (Wildman–Crippen MR) is 81.0 cm³/mol. The summed E-state index contributed by atoms with van der Waals surface area (Å²) in [6.07, 6.45) is 0.539. The van der Waals surface area contributed by atoms with E-state index in [4.69, 9.17) is 5.73 Å². The normalized spacial score (nSPS) is 14.2. The Morgan fingerprint density at radius 1 is 1.16 bits per heavy atom. The summed E-state index contributed by atoms with van der Waals surface area (Å²) in [6.45, 7) is 8.45. The number of anilines is 1. The van der Waals surface area contributed by atoms with Gasteiger partial charge in [0.15, 0.2) is 0 Å². The minimum absolute atomic E-state index is 0.200. The molecule has 0 bridgehead atoms. The van der Waals surface area contributed by atoms with Crippen molar-refractivity contribution in [3.63, 3.8) is 0 Å². The van der Waals surface area contributed by atoms with Crippen molar-refractivity contribution in [3.05, 3.63) is 29.8 Å². The molecule has 1 amide bonds. The number of nitrogens with two attached hydrogens (primary N) is 1. The van der Waals surface area contributed by atoms with Crippen molar-refractivity contribution in [1.82, 2.24) is 4.90 Å². The number of amides is 1. The highest BCUT2D eigenvalue weighted by Crippen LogP contribution is 2.22. The third-order valence-electron chi connectivity index (χ3n) is 3.96. The van der Waals surface area contributed by atoms with Gasteiger partial charge in [0.25, 0.3) is 0 Å². The van der Waals surface area contributed by atoms with Gasteiger partial charge in [-0.1, -0.05) is 32.9 Å². The average molecular weight is 262 g/mol. The van der Waals surface area contributed by atoms with Crippen LogP contribution in [0.25, 0.3) is 0 Å². The van der Waals surface area contributed by atoms with Gasteiger partial charge >= 0.3 is 0 Å². The Kier molecular flexibility index (Phi) is 5.40. The fraction of sp³-hybridized carbons (Fsp3) is 0.562. The van der Waals surface area contributed by atoms with E-state index < -0.39 is 0 Å². The van der Waals surface area contributed by atoms with Crippen LogP contribution in [0, 0.1) is 5.92 Å². The molecule has 1 aromatic carbocycles. The Bertz CT molecular complexity index is 411. The van der Waals surface area contributed by atoms with Crippen molar-refractivity contribution in [2.75, 3.05) is 12.8 Å². The van der Waals surface area contributed by atoms with Crippen molar-refractivity contribution in [3.8, 4) is 0 Å². The number of carbonyl (C=O) groups is 1. The molecular formula is C16H26N2O. The second-order valence-electron chi connectivity index (χ2n) is 5.76. The van der Waals surface area contributed by atoms with Crippen LogP contribution in [0.2, 0.25) is 0 Å². The maximum atomic E-state index is 12.2. The minimum Gasteiger partial charge on any atom is -0.399 e. The Labute approximate surface area is 116 Å². The molecule has 2 atom stereocenters. The highest BCUT2D eigenvalue weighted by Gasteiger charge is 2.20. The number of hydrogen-bond donors (Lipinski definition) is 1. The molecule has 0 saturated carbocycles. The first-order valence-electron chi connectivity index (χ1n) is 6.94. The van der Waals surface area contributed by atoms with Gasteiger partial charge < -0.3 is 10.6 Å². The maximum absolute atomic E-state index is 12.2. The van der Waals surface area contributed by atoms with E-state index in [1.54, 1.807) is 0 Å². The lowest BCUT2D eigenvalue weighted by Gasteiger charge is -2.29. The molecule has 106 valence electrons. The summed E-state index contributed by atoms with van der Waals surface area (Å²) in [5.74, 6) is 0.890.